The Hall–Kier alpha value is -1.08. The summed E-state index contributed by atoms with van der Waals surface area (Å²) in [5.74, 6) is -0.995. The zero-order valence-corrected chi connectivity index (χ0v) is 12.7. The van der Waals surface area contributed by atoms with Crippen LogP contribution < -0.4 is 4.72 Å². The van der Waals surface area contributed by atoms with Crippen molar-refractivity contribution >= 4 is 50.5 Å². The summed E-state index contributed by atoms with van der Waals surface area (Å²) < 4.78 is 39.9. The monoisotopic (exact) mass is 354 g/mol. The van der Waals surface area contributed by atoms with Crippen LogP contribution in [0.4, 0.5) is 10.1 Å². The lowest BCUT2D eigenvalue weighted by Crippen LogP contribution is -2.14. The summed E-state index contributed by atoms with van der Waals surface area (Å²) in [5.41, 5.74) is 0.167. The van der Waals surface area contributed by atoms with Crippen LogP contribution in [-0.2, 0) is 10.0 Å². The Morgan fingerprint density at radius 3 is 2.40 bits per heavy atom. The van der Waals surface area contributed by atoms with E-state index in [1.807, 2.05) is 0 Å². The summed E-state index contributed by atoms with van der Waals surface area (Å²) in [6, 6.07) is 5.04. The number of hydrogen-bond donors (Lipinski definition) is 1. The number of aromatic nitrogens is 1. The minimum Gasteiger partial charge on any atom is -0.278 e. The summed E-state index contributed by atoms with van der Waals surface area (Å²) >= 11 is 16.8. The van der Waals surface area contributed by atoms with Crippen LogP contribution in [0.5, 0.6) is 0 Å². The molecule has 0 spiro atoms. The van der Waals surface area contributed by atoms with Gasteiger partial charge in [0.1, 0.15) is 10.0 Å². The quantitative estimate of drug-likeness (QED) is 0.669. The molecule has 0 aliphatic heterocycles. The Bertz CT molecular complexity index is 751. The first kappa shape index (κ1) is 15.3. The molecule has 0 amide bonds. The van der Waals surface area contributed by atoms with Crippen LogP contribution in [-0.4, -0.2) is 13.4 Å². The van der Waals surface area contributed by atoms with Gasteiger partial charge in [0.05, 0.1) is 21.9 Å². The summed E-state index contributed by atoms with van der Waals surface area (Å²) in [4.78, 5) is 3.30. The molecule has 0 radical (unpaired) electrons. The molecule has 9 heteroatoms. The standard InChI is InChI=1S/C11H6Cl3FN2O2S/c12-7-2-3-8(10(14)11(7)15)20(18,19)17-6-1-4-9(13)16-5-6/h1-5,17H. The highest BCUT2D eigenvalue weighted by molar-refractivity contribution is 7.92. The lowest BCUT2D eigenvalue weighted by Gasteiger charge is -2.10. The largest absolute Gasteiger partial charge is 0.278 e. The number of sulfonamides is 1. The Morgan fingerprint density at radius 1 is 1.10 bits per heavy atom. The van der Waals surface area contributed by atoms with Gasteiger partial charge in [-0.3, -0.25) is 4.72 Å². The van der Waals surface area contributed by atoms with Gasteiger partial charge in [0.2, 0.25) is 0 Å². The molecule has 0 aliphatic rings. The molecule has 0 bridgehead atoms. The van der Waals surface area contributed by atoms with E-state index < -0.39 is 25.8 Å². The first-order valence-electron chi connectivity index (χ1n) is 5.09. The lowest BCUT2D eigenvalue weighted by molar-refractivity contribution is 0.595. The van der Waals surface area contributed by atoms with Crippen molar-refractivity contribution in [2.75, 3.05) is 4.72 Å². The van der Waals surface area contributed by atoms with Crippen LogP contribution in [0.25, 0.3) is 0 Å². The number of benzene rings is 1. The maximum atomic E-state index is 13.5. The van der Waals surface area contributed by atoms with Crippen LogP contribution >= 0.6 is 34.8 Å². The highest BCUT2D eigenvalue weighted by Gasteiger charge is 2.22. The number of halogens is 4. The summed E-state index contributed by atoms with van der Waals surface area (Å²) in [5, 5.41) is -0.627. The van der Waals surface area contributed by atoms with Crippen molar-refractivity contribution in [1.82, 2.24) is 4.98 Å². The van der Waals surface area contributed by atoms with E-state index in [1.54, 1.807) is 0 Å². The molecule has 1 heterocycles. The van der Waals surface area contributed by atoms with Gasteiger partial charge in [-0.1, -0.05) is 34.8 Å². The molecule has 4 nitrogen and oxygen atoms in total. The minimum atomic E-state index is -4.06. The van der Waals surface area contributed by atoms with Crippen LogP contribution in [0.3, 0.4) is 0 Å². The maximum Gasteiger partial charge on any atom is 0.263 e. The average Bonchev–Trinajstić information content (AvgIpc) is 2.38. The van der Waals surface area contributed by atoms with Gasteiger partial charge in [-0.05, 0) is 24.3 Å². The second-order valence-corrected chi connectivity index (χ2v) is 6.47. The zero-order chi connectivity index (χ0) is 14.9. The fourth-order valence-electron chi connectivity index (χ4n) is 1.36. The Labute approximate surface area is 129 Å². The first-order valence-corrected chi connectivity index (χ1v) is 7.71. The highest BCUT2D eigenvalue weighted by atomic mass is 35.5. The molecule has 0 unspecified atom stereocenters. The number of anilines is 1. The smallest absolute Gasteiger partial charge is 0.263 e. The fraction of sp³-hybridized carbons (Fsp3) is 0. The summed E-state index contributed by atoms with van der Waals surface area (Å²) in [6.45, 7) is 0. The number of nitrogens with zero attached hydrogens (tertiary/aromatic N) is 1. The fourth-order valence-corrected chi connectivity index (χ4v) is 3.26. The van der Waals surface area contributed by atoms with Crippen molar-refractivity contribution in [1.29, 1.82) is 0 Å². The van der Waals surface area contributed by atoms with E-state index in [0.29, 0.717) is 0 Å². The minimum absolute atomic E-state index is 0.167. The van der Waals surface area contributed by atoms with Crippen LogP contribution in [0.2, 0.25) is 15.2 Å². The molecule has 106 valence electrons. The second kappa shape index (κ2) is 5.73. The van der Waals surface area contributed by atoms with E-state index >= 15 is 0 Å². The SMILES string of the molecule is O=S(=O)(Nc1ccc(Cl)nc1)c1ccc(Cl)c(F)c1Cl. The third-order valence-electron chi connectivity index (χ3n) is 2.27. The molecule has 1 N–H and O–H groups in total. The van der Waals surface area contributed by atoms with Gasteiger partial charge in [0.25, 0.3) is 10.0 Å². The van der Waals surface area contributed by atoms with Gasteiger partial charge in [0.15, 0.2) is 5.82 Å². The van der Waals surface area contributed by atoms with E-state index in [9.17, 15) is 12.8 Å². The third-order valence-corrected chi connectivity index (χ3v) is 4.69. The van der Waals surface area contributed by atoms with E-state index in [4.69, 9.17) is 34.8 Å². The molecule has 2 aromatic rings. The van der Waals surface area contributed by atoms with Gasteiger partial charge >= 0.3 is 0 Å². The zero-order valence-electron chi connectivity index (χ0n) is 9.57. The van der Waals surface area contributed by atoms with E-state index in [2.05, 4.69) is 9.71 Å². The average molecular weight is 356 g/mol. The van der Waals surface area contributed by atoms with Gasteiger partial charge in [-0.15, -0.1) is 0 Å². The van der Waals surface area contributed by atoms with Crippen molar-refractivity contribution in [3.63, 3.8) is 0 Å². The van der Waals surface area contributed by atoms with E-state index in [0.717, 1.165) is 12.1 Å². The molecule has 20 heavy (non-hydrogen) atoms. The molecule has 0 saturated carbocycles. The van der Waals surface area contributed by atoms with Crippen LogP contribution in [0.15, 0.2) is 35.4 Å². The Morgan fingerprint density at radius 2 is 1.80 bits per heavy atom. The first-order chi connectivity index (χ1) is 9.31. The summed E-state index contributed by atoms with van der Waals surface area (Å²) in [6.07, 6.45) is 1.22. The molecular weight excluding hydrogens is 350 g/mol. The predicted octanol–water partition coefficient (Wildman–Crippen LogP) is 3.98. The molecule has 1 aromatic carbocycles. The highest BCUT2D eigenvalue weighted by Crippen LogP contribution is 2.30. The number of pyridine rings is 1. The van der Waals surface area contributed by atoms with E-state index in [-0.39, 0.29) is 15.9 Å². The lowest BCUT2D eigenvalue weighted by atomic mass is 10.3. The van der Waals surface area contributed by atoms with Crippen molar-refractivity contribution < 1.29 is 12.8 Å². The molecule has 1 aromatic heterocycles. The van der Waals surface area contributed by atoms with Gasteiger partial charge in [0, 0.05) is 0 Å². The van der Waals surface area contributed by atoms with Crippen LogP contribution in [0.1, 0.15) is 0 Å². The van der Waals surface area contributed by atoms with Crippen molar-refractivity contribution in [3.8, 4) is 0 Å². The second-order valence-electron chi connectivity index (χ2n) is 3.65. The molecule has 0 fully saturated rings. The van der Waals surface area contributed by atoms with Gasteiger partial charge in [-0.25, -0.2) is 17.8 Å². The van der Waals surface area contributed by atoms with Crippen molar-refractivity contribution in [3.05, 3.63) is 51.5 Å². The molecule has 2 rings (SSSR count). The molecular formula is C11H6Cl3FN2O2S. The normalized spacial score (nSPS) is 11.4. The number of rotatable bonds is 3. The van der Waals surface area contributed by atoms with Crippen LogP contribution in [0, 0.1) is 5.82 Å². The number of nitrogens with one attached hydrogen (secondary N) is 1. The third kappa shape index (κ3) is 3.15. The topological polar surface area (TPSA) is 59.1 Å². The van der Waals surface area contributed by atoms with E-state index in [1.165, 1.54) is 18.3 Å². The van der Waals surface area contributed by atoms with Crippen molar-refractivity contribution in [2.45, 2.75) is 4.90 Å². The van der Waals surface area contributed by atoms with Gasteiger partial charge < -0.3 is 0 Å². The Balaban J connectivity index is 2.41. The maximum absolute atomic E-state index is 13.5. The van der Waals surface area contributed by atoms with Gasteiger partial charge in [-0.2, -0.15) is 0 Å². The summed E-state index contributed by atoms with van der Waals surface area (Å²) in [7, 11) is -4.06. The molecule has 0 saturated heterocycles. The van der Waals surface area contributed by atoms with Crippen molar-refractivity contribution in [2.24, 2.45) is 0 Å². The molecule has 0 aliphatic carbocycles. The Kier molecular flexibility index (Phi) is 4.39. The number of hydrogen-bond acceptors (Lipinski definition) is 3. The molecule has 0 atom stereocenters. The predicted molar refractivity (Wildman–Crippen MR) is 76.5 cm³/mol.